The molecular weight excluding hydrogens is 388 g/mol. The molecule has 162 valence electrons. The van der Waals surface area contributed by atoms with Gasteiger partial charge in [-0.1, -0.05) is 70.8 Å². The summed E-state index contributed by atoms with van der Waals surface area (Å²) in [4.78, 5) is 4.82. The van der Waals surface area contributed by atoms with Gasteiger partial charge < -0.3 is 9.80 Å². The summed E-state index contributed by atoms with van der Waals surface area (Å²) in [5, 5.41) is 0. The Hall–Kier alpha value is -3.52. The van der Waals surface area contributed by atoms with Crippen LogP contribution in [0, 0.1) is 27.7 Å². The maximum Gasteiger partial charge on any atom is 0.0411 e. The highest BCUT2D eigenvalue weighted by molar-refractivity contribution is 5.67. The highest BCUT2D eigenvalue weighted by Gasteiger charge is 2.14. The van der Waals surface area contributed by atoms with Gasteiger partial charge in [0.05, 0.1) is 0 Å². The first-order chi connectivity index (χ1) is 15.5. The predicted octanol–water partition coefficient (Wildman–Crippen LogP) is 7.90. The lowest BCUT2D eigenvalue weighted by Crippen LogP contribution is -2.30. The van der Waals surface area contributed by atoms with Gasteiger partial charge in [0, 0.05) is 35.8 Å². The third-order valence-electron chi connectivity index (χ3n) is 5.93. The lowest BCUT2D eigenvalue weighted by molar-refractivity contribution is 0.885. The van der Waals surface area contributed by atoms with Crippen LogP contribution in [0.2, 0.25) is 0 Å². The van der Waals surface area contributed by atoms with Crippen LogP contribution in [-0.2, 0) is 0 Å². The molecule has 0 saturated heterocycles. The summed E-state index contributed by atoms with van der Waals surface area (Å²) in [6, 6.07) is 35.3. The van der Waals surface area contributed by atoms with Gasteiger partial charge in [-0.2, -0.15) is 0 Å². The zero-order chi connectivity index (χ0) is 22.5. The van der Waals surface area contributed by atoms with Crippen molar-refractivity contribution in [3.8, 4) is 0 Å². The van der Waals surface area contributed by atoms with Crippen LogP contribution in [0.4, 0.5) is 22.7 Å². The van der Waals surface area contributed by atoms with Crippen LogP contribution < -0.4 is 9.80 Å². The van der Waals surface area contributed by atoms with Gasteiger partial charge in [0.2, 0.25) is 0 Å². The first-order valence-electron chi connectivity index (χ1n) is 11.3. The average Bonchev–Trinajstić information content (AvgIpc) is 2.80. The molecule has 4 aromatic carbocycles. The number of rotatable bonds is 7. The van der Waals surface area contributed by atoms with Crippen molar-refractivity contribution >= 4 is 22.7 Å². The predicted molar refractivity (Wildman–Crippen MR) is 139 cm³/mol. The van der Waals surface area contributed by atoms with E-state index in [2.05, 4.69) is 135 Å². The first kappa shape index (κ1) is 21.7. The Bertz CT molecular complexity index is 940. The summed E-state index contributed by atoms with van der Waals surface area (Å²) < 4.78 is 0. The van der Waals surface area contributed by atoms with Crippen LogP contribution in [0.15, 0.2) is 97.1 Å². The SMILES string of the molecule is Cc1ccc(N(CCN(c2ccc(C)cc2)c2ccc(C)cc2)c2ccc(C)cc2)cc1. The fraction of sp³-hybridized carbons (Fsp3) is 0.200. The molecule has 32 heavy (non-hydrogen) atoms. The van der Waals surface area contributed by atoms with Crippen LogP contribution >= 0.6 is 0 Å². The van der Waals surface area contributed by atoms with Gasteiger partial charge in [0.1, 0.15) is 0 Å². The fourth-order valence-electron chi connectivity index (χ4n) is 3.91. The van der Waals surface area contributed by atoms with E-state index in [0.717, 1.165) is 13.1 Å². The second-order valence-electron chi connectivity index (χ2n) is 8.65. The molecule has 0 aliphatic carbocycles. The Kier molecular flexibility index (Phi) is 6.61. The normalized spacial score (nSPS) is 10.8. The van der Waals surface area contributed by atoms with Crippen LogP contribution in [0.5, 0.6) is 0 Å². The molecule has 0 saturated carbocycles. The Morgan fingerprint density at radius 1 is 0.344 bits per heavy atom. The van der Waals surface area contributed by atoms with Crippen molar-refractivity contribution in [1.29, 1.82) is 0 Å². The first-order valence-corrected chi connectivity index (χ1v) is 11.3. The van der Waals surface area contributed by atoms with Gasteiger partial charge in [-0.25, -0.2) is 0 Å². The van der Waals surface area contributed by atoms with Crippen molar-refractivity contribution in [1.82, 2.24) is 0 Å². The summed E-state index contributed by atoms with van der Waals surface area (Å²) in [5.74, 6) is 0. The van der Waals surface area contributed by atoms with Crippen molar-refractivity contribution in [3.05, 3.63) is 119 Å². The molecule has 4 aromatic rings. The summed E-state index contributed by atoms with van der Waals surface area (Å²) >= 11 is 0. The van der Waals surface area contributed by atoms with Gasteiger partial charge in [0.25, 0.3) is 0 Å². The number of hydrogen-bond acceptors (Lipinski definition) is 2. The smallest absolute Gasteiger partial charge is 0.0411 e. The molecule has 0 unspecified atom stereocenters. The van der Waals surface area contributed by atoms with Crippen LogP contribution in [-0.4, -0.2) is 13.1 Å². The van der Waals surface area contributed by atoms with E-state index in [4.69, 9.17) is 0 Å². The van der Waals surface area contributed by atoms with Crippen molar-refractivity contribution in [2.24, 2.45) is 0 Å². The zero-order valence-corrected chi connectivity index (χ0v) is 19.5. The number of aryl methyl sites for hydroxylation is 4. The molecule has 0 atom stereocenters. The summed E-state index contributed by atoms with van der Waals surface area (Å²) in [7, 11) is 0. The maximum atomic E-state index is 2.41. The molecule has 4 rings (SSSR count). The molecule has 2 heteroatoms. The second kappa shape index (κ2) is 9.74. The van der Waals surface area contributed by atoms with E-state index in [-0.39, 0.29) is 0 Å². The quantitative estimate of drug-likeness (QED) is 0.300. The number of benzene rings is 4. The molecule has 0 aliphatic heterocycles. The molecule has 0 aromatic heterocycles. The minimum absolute atomic E-state index is 0.869. The standard InChI is InChI=1S/C30H32N2/c1-23-5-13-27(14-6-23)31(28-15-7-24(2)8-16-28)21-22-32(29-17-9-25(3)10-18-29)30-19-11-26(4)12-20-30/h5-20H,21-22H2,1-4H3. The van der Waals surface area contributed by atoms with E-state index < -0.39 is 0 Å². The Balaban J connectivity index is 1.67. The van der Waals surface area contributed by atoms with E-state index in [1.54, 1.807) is 0 Å². The molecule has 0 bridgehead atoms. The van der Waals surface area contributed by atoms with Crippen molar-refractivity contribution in [3.63, 3.8) is 0 Å². The average molecular weight is 421 g/mol. The van der Waals surface area contributed by atoms with E-state index in [0.29, 0.717) is 0 Å². The molecule has 0 radical (unpaired) electrons. The van der Waals surface area contributed by atoms with Gasteiger partial charge in [-0.05, 0) is 76.2 Å². The topological polar surface area (TPSA) is 6.48 Å². The third kappa shape index (κ3) is 5.20. The molecular formula is C30H32N2. The van der Waals surface area contributed by atoms with Crippen LogP contribution in [0.1, 0.15) is 22.3 Å². The fourth-order valence-corrected chi connectivity index (χ4v) is 3.91. The lowest BCUT2D eigenvalue weighted by Gasteiger charge is -2.31. The minimum atomic E-state index is 0.869. The van der Waals surface area contributed by atoms with E-state index >= 15 is 0 Å². The second-order valence-corrected chi connectivity index (χ2v) is 8.65. The minimum Gasteiger partial charge on any atom is -0.340 e. The van der Waals surface area contributed by atoms with Crippen molar-refractivity contribution in [2.75, 3.05) is 22.9 Å². The van der Waals surface area contributed by atoms with Gasteiger partial charge in [-0.15, -0.1) is 0 Å². The Morgan fingerprint density at radius 3 is 0.719 bits per heavy atom. The van der Waals surface area contributed by atoms with E-state index in [1.807, 2.05) is 0 Å². The molecule has 0 N–H and O–H groups in total. The molecule has 0 amide bonds. The third-order valence-corrected chi connectivity index (χ3v) is 5.93. The summed E-state index contributed by atoms with van der Waals surface area (Å²) in [6.07, 6.45) is 0. The Labute approximate surface area is 192 Å². The monoisotopic (exact) mass is 420 g/mol. The van der Waals surface area contributed by atoms with Crippen LogP contribution in [0.25, 0.3) is 0 Å². The largest absolute Gasteiger partial charge is 0.340 e. The molecule has 2 nitrogen and oxygen atoms in total. The molecule has 0 fully saturated rings. The lowest BCUT2D eigenvalue weighted by atomic mass is 10.1. The van der Waals surface area contributed by atoms with E-state index in [9.17, 15) is 0 Å². The summed E-state index contributed by atoms with van der Waals surface area (Å²) in [5.41, 5.74) is 9.97. The maximum absolute atomic E-state index is 2.41. The highest BCUT2D eigenvalue weighted by atomic mass is 15.2. The van der Waals surface area contributed by atoms with Crippen molar-refractivity contribution < 1.29 is 0 Å². The van der Waals surface area contributed by atoms with Crippen LogP contribution in [0.3, 0.4) is 0 Å². The highest BCUT2D eigenvalue weighted by Crippen LogP contribution is 2.29. The zero-order valence-electron chi connectivity index (χ0n) is 19.5. The summed E-state index contributed by atoms with van der Waals surface area (Å²) in [6.45, 7) is 10.3. The number of anilines is 4. The molecule has 0 spiro atoms. The van der Waals surface area contributed by atoms with Gasteiger partial charge in [0.15, 0.2) is 0 Å². The van der Waals surface area contributed by atoms with Gasteiger partial charge >= 0.3 is 0 Å². The Morgan fingerprint density at radius 2 is 0.531 bits per heavy atom. The van der Waals surface area contributed by atoms with E-state index in [1.165, 1.54) is 45.0 Å². The van der Waals surface area contributed by atoms with Gasteiger partial charge in [-0.3, -0.25) is 0 Å². The number of hydrogen-bond donors (Lipinski definition) is 0. The molecule has 0 heterocycles. The molecule has 0 aliphatic rings. The number of nitrogens with zero attached hydrogens (tertiary/aromatic N) is 2. The van der Waals surface area contributed by atoms with Crippen molar-refractivity contribution in [2.45, 2.75) is 27.7 Å².